The largest absolute Gasteiger partial charge is 0.372 e. The first-order valence-corrected chi connectivity index (χ1v) is 9.25. The fraction of sp³-hybridized carbons (Fsp3) is 0.211. The van der Waals surface area contributed by atoms with Gasteiger partial charge in [-0.3, -0.25) is 0 Å². The van der Waals surface area contributed by atoms with Gasteiger partial charge in [0.25, 0.3) is 0 Å². The van der Waals surface area contributed by atoms with Crippen molar-refractivity contribution in [3.05, 3.63) is 54.6 Å². The van der Waals surface area contributed by atoms with Crippen LogP contribution in [-0.4, -0.2) is 32.9 Å². The Morgan fingerprint density at radius 3 is 2.28 bits per heavy atom. The van der Waals surface area contributed by atoms with Crippen LogP contribution < -0.4 is 4.90 Å². The van der Waals surface area contributed by atoms with E-state index in [2.05, 4.69) is 53.2 Å². The smallest absolute Gasteiger partial charge is 0.235 e. The van der Waals surface area contributed by atoms with Crippen LogP contribution in [0.4, 0.5) is 5.69 Å². The lowest BCUT2D eigenvalue weighted by Crippen LogP contribution is -2.21. The monoisotopic (exact) mass is 349 g/mol. The van der Waals surface area contributed by atoms with Gasteiger partial charge in [0, 0.05) is 29.9 Å². The van der Waals surface area contributed by atoms with Crippen molar-refractivity contribution >= 4 is 22.0 Å². The topological polar surface area (TPSA) is 46.3 Å². The first kappa shape index (κ1) is 15.8. The summed E-state index contributed by atoms with van der Waals surface area (Å²) >= 11 is 1.56. The lowest BCUT2D eigenvalue weighted by Gasteiger charge is -2.20. The van der Waals surface area contributed by atoms with Crippen molar-refractivity contribution in [1.82, 2.24) is 19.8 Å². The average molecular weight is 349 g/mol. The Morgan fingerprint density at radius 2 is 1.60 bits per heavy atom. The van der Waals surface area contributed by atoms with Gasteiger partial charge in [-0.2, -0.15) is 9.61 Å². The average Bonchev–Trinajstić information content (AvgIpc) is 3.25. The van der Waals surface area contributed by atoms with Gasteiger partial charge in [0.15, 0.2) is 5.82 Å². The number of fused-ring (bicyclic) bond motifs is 1. The fourth-order valence-corrected chi connectivity index (χ4v) is 3.75. The van der Waals surface area contributed by atoms with Crippen molar-refractivity contribution in [2.45, 2.75) is 13.8 Å². The predicted molar refractivity (Wildman–Crippen MR) is 103 cm³/mol. The van der Waals surface area contributed by atoms with E-state index in [1.807, 2.05) is 34.8 Å². The summed E-state index contributed by atoms with van der Waals surface area (Å²) in [6.07, 6.45) is 0. The molecule has 0 N–H and O–H groups in total. The molecule has 25 heavy (non-hydrogen) atoms. The van der Waals surface area contributed by atoms with E-state index in [-0.39, 0.29) is 0 Å². The molecule has 0 atom stereocenters. The highest BCUT2D eigenvalue weighted by Gasteiger charge is 2.14. The number of hydrogen-bond donors (Lipinski definition) is 0. The minimum atomic E-state index is 0.776. The summed E-state index contributed by atoms with van der Waals surface area (Å²) in [5.74, 6) is 0.776. The fourth-order valence-electron chi connectivity index (χ4n) is 2.90. The van der Waals surface area contributed by atoms with E-state index in [4.69, 9.17) is 5.10 Å². The molecule has 2 heterocycles. The van der Waals surface area contributed by atoms with Gasteiger partial charge in [-0.05, 0) is 38.1 Å². The molecule has 5 nitrogen and oxygen atoms in total. The molecule has 0 unspecified atom stereocenters. The van der Waals surface area contributed by atoms with Gasteiger partial charge >= 0.3 is 0 Å². The number of nitrogens with zero attached hydrogens (tertiary/aromatic N) is 5. The first-order chi connectivity index (χ1) is 12.3. The third kappa shape index (κ3) is 2.89. The second-order valence-corrected chi connectivity index (χ2v) is 6.67. The molecule has 0 fully saturated rings. The molecule has 4 rings (SSSR count). The Morgan fingerprint density at radius 1 is 0.880 bits per heavy atom. The number of hydrogen-bond acceptors (Lipinski definition) is 5. The van der Waals surface area contributed by atoms with Crippen molar-refractivity contribution in [3.63, 3.8) is 0 Å². The molecule has 0 radical (unpaired) electrons. The summed E-state index contributed by atoms with van der Waals surface area (Å²) in [5.41, 5.74) is 3.36. The number of benzene rings is 2. The molecular formula is C19H19N5S. The first-order valence-electron chi connectivity index (χ1n) is 8.43. The quantitative estimate of drug-likeness (QED) is 0.537. The summed E-state index contributed by atoms with van der Waals surface area (Å²) in [4.78, 5) is 3.14. The van der Waals surface area contributed by atoms with Crippen LogP contribution in [0, 0.1) is 0 Å². The highest BCUT2D eigenvalue weighted by Crippen LogP contribution is 2.29. The molecular weight excluding hydrogens is 330 g/mol. The Hall–Kier alpha value is -2.73. The van der Waals surface area contributed by atoms with Crippen LogP contribution in [0.15, 0.2) is 54.6 Å². The molecule has 0 saturated heterocycles. The SMILES string of the molecule is CCN(CC)c1ccc(-c2nn3c(-c4ccccc4)nnc3s2)cc1. The van der Waals surface area contributed by atoms with Crippen molar-refractivity contribution in [3.8, 4) is 22.0 Å². The predicted octanol–water partition coefficient (Wildman–Crippen LogP) is 4.37. The summed E-state index contributed by atoms with van der Waals surface area (Å²) < 4.78 is 1.83. The van der Waals surface area contributed by atoms with Gasteiger partial charge in [0.2, 0.25) is 4.96 Å². The molecule has 126 valence electrons. The van der Waals surface area contributed by atoms with Crippen LogP contribution in [0.5, 0.6) is 0 Å². The maximum atomic E-state index is 4.73. The third-order valence-electron chi connectivity index (χ3n) is 4.27. The second kappa shape index (κ2) is 6.64. The molecule has 0 aliphatic heterocycles. The molecule has 0 aliphatic carbocycles. The van der Waals surface area contributed by atoms with Crippen LogP contribution >= 0.6 is 11.3 Å². The zero-order valence-electron chi connectivity index (χ0n) is 14.3. The van der Waals surface area contributed by atoms with E-state index in [1.54, 1.807) is 11.3 Å². The van der Waals surface area contributed by atoms with Crippen LogP contribution in [0.3, 0.4) is 0 Å². The maximum Gasteiger partial charge on any atom is 0.235 e. The van der Waals surface area contributed by atoms with Crippen molar-refractivity contribution in [2.24, 2.45) is 0 Å². The second-order valence-electron chi connectivity index (χ2n) is 5.71. The van der Waals surface area contributed by atoms with Gasteiger partial charge in [-0.25, -0.2) is 0 Å². The van der Waals surface area contributed by atoms with Crippen LogP contribution in [0.25, 0.3) is 26.9 Å². The molecule has 6 heteroatoms. The Balaban J connectivity index is 1.70. The highest BCUT2D eigenvalue weighted by atomic mass is 32.1. The van der Waals surface area contributed by atoms with E-state index >= 15 is 0 Å². The molecule has 2 aromatic carbocycles. The Bertz CT molecular complexity index is 968. The standard InChI is InChI=1S/C19H19N5S/c1-3-23(4-2)16-12-10-15(11-13-16)18-22-24-17(20-21-19(24)25-18)14-8-6-5-7-9-14/h5-13H,3-4H2,1-2H3. The lowest BCUT2D eigenvalue weighted by molar-refractivity contribution is 0.866. The number of rotatable bonds is 5. The minimum Gasteiger partial charge on any atom is -0.372 e. The maximum absolute atomic E-state index is 4.73. The van der Waals surface area contributed by atoms with Gasteiger partial charge < -0.3 is 4.90 Å². The minimum absolute atomic E-state index is 0.776. The molecule has 0 aliphatic rings. The van der Waals surface area contributed by atoms with E-state index in [0.717, 1.165) is 40.0 Å². The number of anilines is 1. The van der Waals surface area contributed by atoms with Gasteiger partial charge in [0.1, 0.15) is 5.01 Å². The highest BCUT2D eigenvalue weighted by molar-refractivity contribution is 7.19. The molecule has 0 spiro atoms. The lowest BCUT2D eigenvalue weighted by atomic mass is 10.2. The zero-order valence-corrected chi connectivity index (χ0v) is 15.1. The van der Waals surface area contributed by atoms with Crippen molar-refractivity contribution in [1.29, 1.82) is 0 Å². The third-order valence-corrected chi connectivity index (χ3v) is 5.21. The zero-order chi connectivity index (χ0) is 17.2. The molecule has 0 amide bonds. The van der Waals surface area contributed by atoms with E-state index in [1.165, 1.54) is 5.69 Å². The van der Waals surface area contributed by atoms with Gasteiger partial charge in [-0.1, -0.05) is 41.7 Å². The van der Waals surface area contributed by atoms with Crippen LogP contribution in [0.2, 0.25) is 0 Å². The molecule has 4 aromatic rings. The molecule has 2 aromatic heterocycles. The van der Waals surface area contributed by atoms with Gasteiger partial charge in [0.05, 0.1) is 0 Å². The molecule has 0 saturated carbocycles. The van der Waals surface area contributed by atoms with Gasteiger partial charge in [-0.15, -0.1) is 10.2 Å². The van der Waals surface area contributed by atoms with E-state index < -0.39 is 0 Å². The number of aromatic nitrogens is 4. The summed E-state index contributed by atoms with van der Waals surface area (Å²) in [5, 5.41) is 14.2. The Labute approximate surface area is 150 Å². The van der Waals surface area contributed by atoms with E-state index in [9.17, 15) is 0 Å². The van der Waals surface area contributed by atoms with Crippen molar-refractivity contribution < 1.29 is 0 Å². The summed E-state index contributed by atoms with van der Waals surface area (Å²) in [7, 11) is 0. The van der Waals surface area contributed by atoms with Crippen LogP contribution in [-0.2, 0) is 0 Å². The van der Waals surface area contributed by atoms with Crippen molar-refractivity contribution in [2.75, 3.05) is 18.0 Å². The summed E-state index contributed by atoms with van der Waals surface area (Å²) in [6, 6.07) is 18.6. The Kier molecular flexibility index (Phi) is 4.19. The van der Waals surface area contributed by atoms with Crippen LogP contribution in [0.1, 0.15) is 13.8 Å². The normalized spacial score (nSPS) is 11.1. The van der Waals surface area contributed by atoms with E-state index in [0.29, 0.717) is 0 Å². The summed E-state index contributed by atoms with van der Waals surface area (Å²) in [6.45, 7) is 6.36. The molecule has 0 bridgehead atoms.